The summed E-state index contributed by atoms with van der Waals surface area (Å²) in [6.07, 6.45) is 0. The summed E-state index contributed by atoms with van der Waals surface area (Å²) >= 11 is 6.17. The molecule has 0 spiro atoms. The fourth-order valence-electron chi connectivity index (χ4n) is 2.55. The van der Waals surface area contributed by atoms with Crippen molar-refractivity contribution in [2.75, 3.05) is 0 Å². The van der Waals surface area contributed by atoms with Gasteiger partial charge in [-0.1, -0.05) is 38.4 Å². The number of fused-ring (bicyclic) bond motifs is 1. The number of rotatable bonds is 4. The highest BCUT2D eigenvalue weighted by Gasteiger charge is 2.17. The normalized spacial score (nSPS) is 12.0. The largest absolute Gasteiger partial charge is 0.356 e. The van der Waals surface area contributed by atoms with E-state index in [1.54, 1.807) is 24.3 Å². The van der Waals surface area contributed by atoms with E-state index in [2.05, 4.69) is 47.3 Å². The Balaban J connectivity index is 1.71. The van der Waals surface area contributed by atoms with Gasteiger partial charge in [-0.3, -0.25) is 9.89 Å². The van der Waals surface area contributed by atoms with E-state index in [0.29, 0.717) is 29.0 Å². The maximum atomic E-state index is 12.2. The molecule has 0 unspecified atom stereocenters. The molecule has 24 heavy (non-hydrogen) atoms. The minimum absolute atomic E-state index is 0.0229. The molecule has 0 saturated carbocycles. The summed E-state index contributed by atoms with van der Waals surface area (Å²) in [5.41, 5.74) is 3.52. The monoisotopic (exact) mass is 344 g/mol. The van der Waals surface area contributed by atoms with Crippen LogP contribution in [0.3, 0.4) is 0 Å². The molecular weight excluding hydrogens is 324 g/mol. The number of halogens is 1. The fourth-order valence-corrected chi connectivity index (χ4v) is 2.77. The van der Waals surface area contributed by atoms with Gasteiger partial charge >= 0.3 is 0 Å². The topological polar surface area (TPSA) is 73.6 Å². The molecule has 5 nitrogen and oxygen atoms in total. The van der Waals surface area contributed by atoms with Gasteiger partial charge in [-0.25, -0.2) is 0 Å². The number of aromatic nitrogens is 3. The van der Waals surface area contributed by atoms with Gasteiger partial charge in [0.2, 0.25) is 0 Å². The number of benzene rings is 1. The molecule has 3 rings (SSSR count). The van der Waals surface area contributed by atoms with Crippen LogP contribution < -0.4 is 10.7 Å². The van der Waals surface area contributed by atoms with E-state index >= 15 is 0 Å². The number of H-pyrrole nitrogens is 2. The Hall–Kier alpha value is -2.11. The van der Waals surface area contributed by atoms with Gasteiger partial charge in [-0.15, -0.1) is 0 Å². The second-order valence-corrected chi connectivity index (χ2v) is 7.36. The Labute approximate surface area is 145 Å². The van der Waals surface area contributed by atoms with E-state index < -0.39 is 0 Å². The lowest BCUT2D eigenvalue weighted by molar-refractivity contribution is 0.567. The zero-order chi connectivity index (χ0) is 17.3. The van der Waals surface area contributed by atoms with Crippen LogP contribution in [0.1, 0.15) is 37.9 Å². The maximum absolute atomic E-state index is 12.2. The highest BCUT2D eigenvalue weighted by atomic mass is 35.5. The molecule has 6 heteroatoms. The Morgan fingerprint density at radius 3 is 2.62 bits per heavy atom. The van der Waals surface area contributed by atoms with E-state index in [0.717, 1.165) is 17.1 Å². The zero-order valence-corrected chi connectivity index (χ0v) is 14.8. The molecule has 126 valence electrons. The summed E-state index contributed by atoms with van der Waals surface area (Å²) in [6.45, 7) is 7.57. The average Bonchev–Trinajstić information content (AvgIpc) is 2.98. The van der Waals surface area contributed by atoms with Crippen molar-refractivity contribution in [1.29, 1.82) is 0 Å². The highest BCUT2D eigenvalue weighted by molar-refractivity contribution is 6.35. The molecule has 2 aromatic heterocycles. The molecule has 0 aliphatic heterocycles. The number of hydrogen-bond acceptors (Lipinski definition) is 3. The molecule has 0 fully saturated rings. The van der Waals surface area contributed by atoms with Gasteiger partial charge in [0.15, 0.2) is 5.43 Å². The number of pyridine rings is 1. The molecule has 1 aromatic carbocycles. The summed E-state index contributed by atoms with van der Waals surface area (Å²) in [6, 6.07) is 9.00. The van der Waals surface area contributed by atoms with Crippen molar-refractivity contribution in [2.24, 2.45) is 0 Å². The average molecular weight is 345 g/mol. The first-order valence-corrected chi connectivity index (χ1v) is 8.28. The maximum Gasteiger partial charge on any atom is 0.189 e. The van der Waals surface area contributed by atoms with Crippen molar-refractivity contribution in [3.63, 3.8) is 0 Å². The molecular formula is C18H21ClN4O. The van der Waals surface area contributed by atoms with Crippen LogP contribution in [0, 0.1) is 0 Å². The lowest BCUT2D eigenvalue weighted by Crippen LogP contribution is -2.16. The summed E-state index contributed by atoms with van der Waals surface area (Å²) in [5, 5.41) is 11.8. The summed E-state index contributed by atoms with van der Waals surface area (Å²) < 4.78 is 0. The molecule has 0 aliphatic carbocycles. The molecule has 0 aliphatic rings. The van der Waals surface area contributed by atoms with Crippen molar-refractivity contribution >= 4 is 22.5 Å². The van der Waals surface area contributed by atoms with Crippen molar-refractivity contribution in [3.8, 4) is 0 Å². The first-order chi connectivity index (χ1) is 11.3. The van der Waals surface area contributed by atoms with Crippen molar-refractivity contribution in [3.05, 3.63) is 62.7 Å². The van der Waals surface area contributed by atoms with Gasteiger partial charge in [-0.05, 0) is 18.2 Å². The third-order valence-corrected chi connectivity index (χ3v) is 4.22. The molecule has 2 heterocycles. The SMILES string of the molecule is CC(C)(C)c1cc(CNCc2cc(=O)c3cccc(Cl)c3[nH]2)[nH]n1. The summed E-state index contributed by atoms with van der Waals surface area (Å²) in [4.78, 5) is 15.4. The van der Waals surface area contributed by atoms with E-state index in [-0.39, 0.29) is 10.8 Å². The number of aromatic amines is 2. The van der Waals surface area contributed by atoms with Crippen LogP contribution in [0.15, 0.2) is 35.1 Å². The predicted molar refractivity (Wildman–Crippen MR) is 97.4 cm³/mol. The second kappa shape index (κ2) is 6.42. The van der Waals surface area contributed by atoms with Crippen LogP contribution in [-0.4, -0.2) is 15.2 Å². The summed E-state index contributed by atoms with van der Waals surface area (Å²) in [7, 11) is 0. The molecule has 0 atom stereocenters. The quantitative estimate of drug-likeness (QED) is 0.678. The standard InChI is InChI=1S/C18H21ClN4O/c1-18(2,3)16-8-12(22-23-16)10-20-9-11-7-15(24)13-5-4-6-14(19)17(13)21-11/h4-8,20H,9-10H2,1-3H3,(H,21,24)(H,22,23). The lowest BCUT2D eigenvalue weighted by atomic mass is 9.92. The van der Waals surface area contributed by atoms with E-state index in [1.165, 1.54) is 0 Å². The molecule has 0 radical (unpaired) electrons. The Morgan fingerprint density at radius 2 is 1.92 bits per heavy atom. The number of para-hydroxylation sites is 1. The van der Waals surface area contributed by atoms with Gasteiger partial charge in [0.25, 0.3) is 0 Å². The zero-order valence-electron chi connectivity index (χ0n) is 14.0. The van der Waals surface area contributed by atoms with Crippen LogP contribution in [0.2, 0.25) is 5.02 Å². The predicted octanol–water partition coefficient (Wildman–Crippen LogP) is 3.49. The van der Waals surface area contributed by atoms with Gasteiger partial charge in [0, 0.05) is 41.3 Å². The minimum Gasteiger partial charge on any atom is -0.356 e. The number of nitrogens with zero attached hydrogens (tertiary/aromatic N) is 1. The van der Waals surface area contributed by atoms with Gasteiger partial charge in [-0.2, -0.15) is 5.10 Å². The fraction of sp³-hybridized carbons (Fsp3) is 0.333. The summed E-state index contributed by atoms with van der Waals surface area (Å²) in [5.74, 6) is 0. The van der Waals surface area contributed by atoms with Crippen molar-refractivity contribution in [2.45, 2.75) is 39.3 Å². The van der Waals surface area contributed by atoms with Crippen LogP contribution in [0.4, 0.5) is 0 Å². The van der Waals surface area contributed by atoms with Crippen LogP contribution >= 0.6 is 11.6 Å². The van der Waals surface area contributed by atoms with Gasteiger partial charge in [0.1, 0.15) is 0 Å². The Bertz CT molecular complexity index is 921. The van der Waals surface area contributed by atoms with E-state index in [9.17, 15) is 4.79 Å². The third kappa shape index (κ3) is 3.52. The molecule has 0 saturated heterocycles. The molecule has 0 amide bonds. The van der Waals surface area contributed by atoms with E-state index in [1.807, 2.05) is 0 Å². The Kier molecular flexibility index (Phi) is 4.47. The lowest BCUT2D eigenvalue weighted by Gasteiger charge is -2.13. The third-order valence-electron chi connectivity index (χ3n) is 3.90. The number of hydrogen-bond donors (Lipinski definition) is 3. The molecule has 0 bridgehead atoms. The first-order valence-electron chi connectivity index (χ1n) is 7.90. The molecule has 3 aromatic rings. The highest BCUT2D eigenvalue weighted by Crippen LogP contribution is 2.20. The smallest absolute Gasteiger partial charge is 0.189 e. The van der Waals surface area contributed by atoms with Crippen LogP contribution in [0.5, 0.6) is 0 Å². The van der Waals surface area contributed by atoms with Gasteiger partial charge < -0.3 is 10.3 Å². The van der Waals surface area contributed by atoms with Gasteiger partial charge in [0.05, 0.1) is 16.2 Å². The molecule has 3 N–H and O–H groups in total. The first kappa shape index (κ1) is 16.7. The Morgan fingerprint density at radius 1 is 1.17 bits per heavy atom. The van der Waals surface area contributed by atoms with Crippen LogP contribution in [0.25, 0.3) is 10.9 Å². The van der Waals surface area contributed by atoms with Crippen LogP contribution in [-0.2, 0) is 18.5 Å². The van der Waals surface area contributed by atoms with E-state index in [4.69, 9.17) is 11.6 Å². The second-order valence-electron chi connectivity index (χ2n) is 6.95. The van der Waals surface area contributed by atoms with Crippen molar-refractivity contribution < 1.29 is 0 Å². The van der Waals surface area contributed by atoms with Crippen molar-refractivity contribution in [1.82, 2.24) is 20.5 Å². The minimum atomic E-state index is -0.0281. The number of nitrogens with one attached hydrogen (secondary N) is 3.